The van der Waals surface area contributed by atoms with Crippen molar-refractivity contribution in [2.24, 2.45) is 0 Å². The minimum Gasteiger partial charge on any atom is -0.497 e. The third-order valence-corrected chi connectivity index (χ3v) is 4.11. The van der Waals surface area contributed by atoms with Gasteiger partial charge in [0.15, 0.2) is 10.2 Å². The van der Waals surface area contributed by atoms with Gasteiger partial charge in [-0.25, -0.2) is 0 Å². The molecule has 2 rings (SSSR count). The van der Waals surface area contributed by atoms with E-state index >= 15 is 0 Å². The fourth-order valence-electron chi connectivity index (χ4n) is 2.19. The normalized spacial score (nSPS) is 9.85. The van der Waals surface area contributed by atoms with Crippen molar-refractivity contribution in [3.8, 4) is 11.5 Å². The lowest BCUT2D eigenvalue weighted by molar-refractivity contribution is 0.415. The van der Waals surface area contributed by atoms with Crippen molar-refractivity contribution < 1.29 is 9.47 Å². The van der Waals surface area contributed by atoms with E-state index in [1.807, 2.05) is 48.5 Å². The molecule has 0 atom stereocenters. The summed E-state index contributed by atoms with van der Waals surface area (Å²) in [5.74, 6) is 1.62. The van der Waals surface area contributed by atoms with E-state index in [4.69, 9.17) is 33.9 Å². The van der Waals surface area contributed by atoms with E-state index in [1.165, 1.54) is 0 Å². The summed E-state index contributed by atoms with van der Waals surface area (Å²) in [6.45, 7) is 1.47. The molecular weight excluding hydrogens is 380 g/mol. The lowest BCUT2D eigenvalue weighted by Crippen LogP contribution is -2.33. The summed E-state index contributed by atoms with van der Waals surface area (Å²) in [4.78, 5) is 0. The number of thiocarbonyl (C=S) groups is 2. The Morgan fingerprint density at radius 1 is 0.704 bits per heavy atom. The van der Waals surface area contributed by atoms with Gasteiger partial charge < -0.3 is 30.7 Å². The van der Waals surface area contributed by atoms with Crippen molar-refractivity contribution in [3.63, 3.8) is 0 Å². The maximum Gasteiger partial charge on any atom is 0.170 e. The van der Waals surface area contributed by atoms with E-state index in [0.29, 0.717) is 10.2 Å². The Labute approximate surface area is 170 Å². The van der Waals surface area contributed by atoms with Crippen LogP contribution in [-0.4, -0.2) is 37.5 Å². The van der Waals surface area contributed by atoms with Crippen LogP contribution in [0.1, 0.15) is 6.42 Å². The number of hydrogen-bond donors (Lipinski definition) is 4. The first kappa shape index (κ1) is 20.7. The fraction of sp³-hybridized carbons (Fsp3) is 0.263. The number of benzene rings is 2. The molecule has 144 valence electrons. The summed E-state index contributed by atoms with van der Waals surface area (Å²) in [7, 11) is 3.28. The van der Waals surface area contributed by atoms with Crippen molar-refractivity contribution in [2.75, 3.05) is 37.9 Å². The third kappa shape index (κ3) is 7.67. The highest BCUT2D eigenvalue weighted by Crippen LogP contribution is 2.15. The molecule has 4 N–H and O–H groups in total. The molecule has 0 aliphatic carbocycles. The van der Waals surface area contributed by atoms with Crippen molar-refractivity contribution in [3.05, 3.63) is 48.5 Å². The van der Waals surface area contributed by atoms with Crippen LogP contribution in [0, 0.1) is 0 Å². The summed E-state index contributed by atoms with van der Waals surface area (Å²) in [6.07, 6.45) is 0.870. The van der Waals surface area contributed by atoms with E-state index < -0.39 is 0 Å². The zero-order valence-electron chi connectivity index (χ0n) is 15.4. The van der Waals surface area contributed by atoms with Crippen LogP contribution >= 0.6 is 24.4 Å². The van der Waals surface area contributed by atoms with Crippen LogP contribution in [0.4, 0.5) is 11.4 Å². The standard InChI is InChI=1S/C19H24N4O2S2/c1-24-16-8-4-14(5-9-16)22-18(26)20-12-3-13-21-19(27)23-15-6-10-17(25-2)11-7-15/h4-11H,3,12-13H2,1-2H3,(H2,20,22,26)(H2,21,23,27). The van der Waals surface area contributed by atoms with Crippen molar-refractivity contribution in [1.29, 1.82) is 0 Å². The largest absolute Gasteiger partial charge is 0.497 e. The molecule has 0 spiro atoms. The van der Waals surface area contributed by atoms with Crippen LogP contribution in [-0.2, 0) is 0 Å². The molecule has 0 heterocycles. The second-order valence-corrected chi connectivity index (χ2v) is 6.39. The first-order valence-electron chi connectivity index (χ1n) is 8.48. The Balaban J connectivity index is 1.58. The average molecular weight is 405 g/mol. The Bertz CT molecular complexity index is 673. The highest BCUT2D eigenvalue weighted by Gasteiger charge is 2.00. The van der Waals surface area contributed by atoms with Gasteiger partial charge in [0.25, 0.3) is 0 Å². The van der Waals surface area contributed by atoms with Crippen molar-refractivity contribution >= 4 is 46.0 Å². The van der Waals surface area contributed by atoms with Gasteiger partial charge in [-0.1, -0.05) is 0 Å². The van der Waals surface area contributed by atoms with Crippen LogP contribution in [0.5, 0.6) is 11.5 Å². The predicted octanol–water partition coefficient (Wildman–Crippen LogP) is 3.37. The maximum atomic E-state index is 5.28. The van der Waals surface area contributed by atoms with Gasteiger partial charge in [0.05, 0.1) is 14.2 Å². The number of nitrogens with one attached hydrogen (secondary N) is 4. The van der Waals surface area contributed by atoms with Gasteiger partial charge in [-0.3, -0.25) is 0 Å². The number of methoxy groups -OCH3 is 2. The van der Waals surface area contributed by atoms with Crippen LogP contribution < -0.4 is 30.7 Å². The van der Waals surface area contributed by atoms with Gasteiger partial charge in [-0.2, -0.15) is 0 Å². The summed E-state index contributed by atoms with van der Waals surface area (Å²) >= 11 is 10.6. The van der Waals surface area contributed by atoms with Crippen LogP contribution in [0.15, 0.2) is 48.5 Å². The fourth-order valence-corrected chi connectivity index (χ4v) is 2.63. The van der Waals surface area contributed by atoms with Crippen LogP contribution in [0.25, 0.3) is 0 Å². The van der Waals surface area contributed by atoms with Crippen molar-refractivity contribution in [2.45, 2.75) is 6.42 Å². The number of hydrogen-bond acceptors (Lipinski definition) is 4. The van der Waals surface area contributed by atoms with E-state index in [-0.39, 0.29) is 0 Å². The quantitative estimate of drug-likeness (QED) is 0.395. The highest BCUT2D eigenvalue weighted by molar-refractivity contribution is 7.80. The van der Waals surface area contributed by atoms with Crippen molar-refractivity contribution in [1.82, 2.24) is 10.6 Å². The highest BCUT2D eigenvalue weighted by atomic mass is 32.1. The first-order chi connectivity index (χ1) is 13.1. The topological polar surface area (TPSA) is 66.6 Å². The first-order valence-corrected chi connectivity index (χ1v) is 9.30. The Morgan fingerprint density at radius 3 is 1.41 bits per heavy atom. The number of anilines is 2. The summed E-state index contributed by atoms with van der Waals surface area (Å²) < 4.78 is 10.3. The van der Waals surface area contributed by atoms with E-state index in [9.17, 15) is 0 Å². The molecule has 2 aromatic carbocycles. The zero-order chi connectivity index (χ0) is 19.5. The Morgan fingerprint density at radius 2 is 1.07 bits per heavy atom. The van der Waals surface area contributed by atoms with Gasteiger partial charge in [-0.15, -0.1) is 0 Å². The number of ether oxygens (including phenoxy) is 2. The second-order valence-electron chi connectivity index (χ2n) is 5.57. The van der Waals surface area contributed by atoms with Crippen LogP contribution in [0.2, 0.25) is 0 Å². The maximum absolute atomic E-state index is 5.28. The lowest BCUT2D eigenvalue weighted by atomic mass is 10.3. The second kappa shape index (κ2) is 11.2. The van der Waals surface area contributed by atoms with Gasteiger partial charge in [0, 0.05) is 24.5 Å². The molecule has 6 nitrogen and oxygen atoms in total. The van der Waals surface area contributed by atoms with E-state index in [0.717, 1.165) is 42.4 Å². The van der Waals surface area contributed by atoms with Gasteiger partial charge >= 0.3 is 0 Å². The van der Waals surface area contributed by atoms with Gasteiger partial charge in [-0.05, 0) is 79.4 Å². The SMILES string of the molecule is COc1ccc(NC(=S)NCCCNC(=S)Nc2ccc(OC)cc2)cc1. The Kier molecular flexibility index (Phi) is 8.60. The third-order valence-electron chi connectivity index (χ3n) is 3.62. The predicted molar refractivity (Wildman–Crippen MR) is 119 cm³/mol. The minimum absolute atomic E-state index is 0.583. The molecule has 0 aliphatic heterocycles. The zero-order valence-corrected chi connectivity index (χ0v) is 17.0. The minimum atomic E-state index is 0.583. The molecule has 0 amide bonds. The molecule has 2 aromatic rings. The molecule has 0 aromatic heterocycles. The molecule has 0 unspecified atom stereocenters. The van der Waals surface area contributed by atoms with Gasteiger partial charge in [0.1, 0.15) is 11.5 Å². The molecule has 0 aliphatic rings. The summed E-state index contributed by atoms with van der Waals surface area (Å²) in [6, 6.07) is 15.2. The molecule has 27 heavy (non-hydrogen) atoms. The molecular formula is C19H24N4O2S2. The molecule has 0 bridgehead atoms. The lowest BCUT2D eigenvalue weighted by Gasteiger charge is -2.13. The van der Waals surface area contributed by atoms with Gasteiger partial charge in [0.2, 0.25) is 0 Å². The molecule has 0 fully saturated rings. The number of rotatable bonds is 8. The molecule has 0 radical (unpaired) electrons. The monoisotopic (exact) mass is 404 g/mol. The molecule has 0 saturated heterocycles. The van der Waals surface area contributed by atoms with E-state index in [2.05, 4.69) is 21.3 Å². The average Bonchev–Trinajstić information content (AvgIpc) is 2.69. The Hall–Kier alpha value is -2.58. The summed E-state index contributed by atoms with van der Waals surface area (Å²) in [5.41, 5.74) is 1.83. The van der Waals surface area contributed by atoms with Crippen LogP contribution in [0.3, 0.4) is 0 Å². The smallest absolute Gasteiger partial charge is 0.170 e. The molecule has 8 heteroatoms. The van der Waals surface area contributed by atoms with E-state index in [1.54, 1.807) is 14.2 Å². The summed E-state index contributed by atoms with van der Waals surface area (Å²) in [5, 5.41) is 13.8. The molecule has 0 saturated carbocycles.